The number of methoxy groups -OCH3 is 1. The van der Waals surface area contributed by atoms with E-state index in [1.54, 1.807) is 0 Å². The third-order valence-electron chi connectivity index (χ3n) is 5.87. The highest BCUT2D eigenvalue weighted by atomic mass is 16.5. The third kappa shape index (κ3) is 7.35. The van der Waals surface area contributed by atoms with E-state index in [2.05, 4.69) is 24.5 Å². The molecule has 29 heavy (non-hydrogen) atoms. The summed E-state index contributed by atoms with van der Waals surface area (Å²) in [4.78, 5) is 25.0. The van der Waals surface area contributed by atoms with E-state index in [1.165, 1.54) is 7.11 Å². The molecule has 0 heterocycles. The Morgan fingerprint density at radius 2 is 1.76 bits per heavy atom. The zero-order valence-corrected chi connectivity index (χ0v) is 18.2. The fourth-order valence-electron chi connectivity index (χ4n) is 3.90. The molecule has 1 aromatic carbocycles. The van der Waals surface area contributed by atoms with E-state index in [9.17, 15) is 9.59 Å². The second kappa shape index (κ2) is 11.8. The molecule has 1 aliphatic carbocycles. The first-order valence-electron chi connectivity index (χ1n) is 10.7. The van der Waals surface area contributed by atoms with Crippen molar-refractivity contribution in [2.24, 2.45) is 17.8 Å². The number of hydrogen-bond donors (Lipinski definition) is 2. The van der Waals surface area contributed by atoms with Gasteiger partial charge in [-0.1, -0.05) is 26.0 Å². The van der Waals surface area contributed by atoms with Crippen molar-refractivity contribution in [3.05, 3.63) is 29.8 Å². The predicted molar refractivity (Wildman–Crippen MR) is 114 cm³/mol. The third-order valence-corrected chi connectivity index (χ3v) is 5.87. The minimum Gasteiger partial charge on any atom is -0.492 e. The van der Waals surface area contributed by atoms with Gasteiger partial charge in [-0.2, -0.15) is 0 Å². The largest absolute Gasteiger partial charge is 0.492 e. The minimum atomic E-state index is -0.675. The number of amides is 1. The van der Waals surface area contributed by atoms with Gasteiger partial charge in [-0.25, -0.2) is 4.79 Å². The molecule has 1 atom stereocenters. The Balaban J connectivity index is 1.92. The van der Waals surface area contributed by atoms with Crippen LogP contribution in [0.3, 0.4) is 0 Å². The molecule has 6 nitrogen and oxygen atoms in total. The molecule has 0 unspecified atom stereocenters. The van der Waals surface area contributed by atoms with Gasteiger partial charge in [0.25, 0.3) is 0 Å². The Kier molecular flexibility index (Phi) is 9.45. The maximum absolute atomic E-state index is 12.8. The van der Waals surface area contributed by atoms with Gasteiger partial charge in [0.15, 0.2) is 0 Å². The van der Waals surface area contributed by atoms with Crippen LogP contribution in [0.5, 0.6) is 5.75 Å². The van der Waals surface area contributed by atoms with Crippen LogP contribution in [-0.4, -0.2) is 45.2 Å². The topological polar surface area (TPSA) is 76.7 Å². The fraction of sp³-hybridized carbons (Fsp3) is 0.652. The number of likely N-dealkylation sites (N-methyl/N-ethyl adjacent to an activating group) is 1. The van der Waals surface area contributed by atoms with Crippen LogP contribution in [0.2, 0.25) is 0 Å². The van der Waals surface area contributed by atoms with Gasteiger partial charge in [-0.3, -0.25) is 4.79 Å². The van der Waals surface area contributed by atoms with Gasteiger partial charge in [0.2, 0.25) is 5.91 Å². The van der Waals surface area contributed by atoms with Crippen molar-refractivity contribution in [2.45, 2.75) is 52.0 Å². The number of ether oxygens (including phenoxy) is 2. The van der Waals surface area contributed by atoms with Crippen LogP contribution in [0.4, 0.5) is 0 Å². The van der Waals surface area contributed by atoms with Crippen molar-refractivity contribution >= 4 is 11.9 Å². The molecular formula is C23H36N2O4. The minimum absolute atomic E-state index is 0.0138. The Hall–Kier alpha value is -2.08. The fourth-order valence-corrected chi connectivity index (χ4v) is 3.90. The normalized spacial score (nSPS) is 20.2. The van der Waals surface area contributed by atoms with Crippen molar-refractivity contribution in [1.82, 2.24) is 10.6 Å². The van der Waals surface area contributed by atoms with Gasteiger partial charge in [-0.15, -0.1) is 0 Å². The Bertz CT molecular complexity index is 637. The average molecular weight is 405 g/mol. The van der Waals surface area contributed by atoms with Crippen LogP contribution >= 0.6 is 0 Å². The first kappa shape index (κ1) is 23.2. The summed E-state index contributed by atoms with van der Waals surface area (Å²) >= 11 is 0. The van der Waals surface area contributed by atoms with E-state index in [-0.39, 0.29) is 11.8 Å². The molecular weight excluding hydrogens is 368 g/mol. The maximum atomic E-state index is 12.8. The van der Waals surface area contributed by atoms with Gasteiger partial charge in [0.05, 0.1) is 7.11 Å². The number of carbonyl (C=O) groups is 2. The molecule has 0 spiro atoms. The van der Waals surface area contributed by atoms with Gasteiger partial charge in [0.1, 0.15) is 18.4 Å². The summed E-state index contributed by atoms with van der Waals surface area (Å²) in [5.74, 6) is 1.68. The Labute approximate surface area is 174 Å². The van der Waals surface area contributed by atoms with Gasteiger partial charge in [-0.05, 0) is 62.3 Å². The van der Waals surface area contributed by atoms with Crippen LogP contribution < -0.4 is 15.4 Å². The van der Waals surface area contributed by atoms with Crippen LogP contribution in [-0.2, 0) is 20.7 Å². The first-order valence-corrected chi connectivity index (χ1v) is 10.7. The molecule has 0 saturated heterocycles. The molecule has 0 radical (unpaired) electrons. The average Bonchev–Trinajstić information content (AvgIpc) is 2.74. The SMILES string of the molecule is CNCCOc1ccc(C[C@H](NC(=O)C2CCC(C(C)C)CC2)C(=O)OC)cc1. The number of hydrogen-bond acceptors (Lipinski definition) is 5. The lowest BCUT2D eigenvalue weighted by molar-refractivity contribution is -0.145. The highest BCUT2D eigenvalue weighted by Crippen LogP contribution is 2.33. The molecule has 1 saturated carbocycles. The summed E-state index contributed by atoms with van der Waals surface area (Å²) < 4.78 is 10.5. The number of carbonyl (C=O) groups excluding carboxylic acids is 2. The van der Waals surface area contributed by atoms with E-state index in [0.29, 0.717) is 24.9 Å². The first-order chi connectivity index (χ1) is 13.9. The van der Waals surface area contributed by atoms with Crippen LogP contribution in [0.25, 0.3) is 0 Å². The summed E-state index contributed by atoms with van der Waals surface area (Å²) in [7, 11) is 3.23. The summed E-state index contributed by atoms with van der Waals surface area (Å²) in [6.45, 7) is 5.86. The van der Waals surface area contributed by atoms with Crippen LogP contribution in [0.1, 0.15) is 45.1 Å². The summed E-state index contributed by atoms with van der Waals surface area (Å²) in [6, 6.07) is 6.93. The van der Waals surface area contributed by atoms with E-state index in [0.717, 1.165) is 43.5 Å². The molecule has 2 rings (SSSR count). The van der Waals surface area contributed by atoms with Crippen LogP contribution in [0.15, 0.2) is 24.3 Å². The molecule has 2 N–H and O–H groups in total. The summed E-state index contributed by atoms with van der Waals surface area (Å²) in [5.41, 5.74) is 0.949. The van der Waals surface area contributed by atoms with Crippen LogP contribution in [0, 0.1) is 17.8 Å². The van der Waals surface area contributed by atoms with E-state index >= 15 is 0 Å². The van der Waals surface area contributed by atoms with Gasteiger partial charge in [0, 0.05) is 18.9 Å². The zero-order chi connectivity index (χ0) is 21.2. The molecule has 1 aliphatic rings. The van der Waals surface area contributed by atoms with Crippen molar-refractivity contribution in [3.63, 3.8) is 0 Å². The zero-order valence-electron chi connectivity index (χ0n) is 18.2. The number of esters is 1. The molecule has 0 bridgehead atoms. The lowest BCUT2D eigenvalue weighted by atomic mass is 9.76. The van der Waals surface area contributed by atoms with Gasteiger partial charge >= 0.3 is 5.97 Å². The smallest absolute Gasteiger partial charge is 0.328 e. The lowest BCUT2D eigenvalue weighted by Crippen LogP contribution is -2.46. The number of nitrogens with one attached hydrogen (secondary N) is 2. The second-order valence-corrected chi connectivity index (χ2v) is 8.24. The number of rotatable bonds is 10. The quantitative estimate of drug-likeness (QED) is 0.463. The van der Waals surface area contributed by atoms with Gasteiger partial charge < -0.3 is 20.1 Å². The Morgan fingerprint density at radius 1 is 1.10 bits per heavy atom. The predicted octanol–water partition coefficient (Wildman–Crippen LogP) is 2.95. The standard InChI is InChI=1S/C23H36N2O4/c1-16(2)18-7-9-19(10-8-18)22(26)25-21(23(27)28-4)15-17-5-11-20(12-6-17)29-14-13-24-3/h5-6,11-12,16,18-19,21,24H,7-10,13-15H2,1-4H3,(H,25,26)/t18?,19?,21-/m0/s1. The summed E-state index contributed by atoms with van der Waals surface area (Å²) in [5, 5.41) is 5.96. The molecule has 0 aliphatic heterocycles. The second-order valence-electron chi connectivity index (χ2n) is 8.24. The molecule has 162 valence electrons. The van der Waals surface area contributed by atoms with Crippen molar-refractivity contribution in [2.75, 3.05) is 27.3 Å². The van der Waals surface area contributed by atoms with Crippen molar-refractivity contribution in [1.29, 1.82) is 0 Å². The van der Waals surface area contributed by atoms with Crippen molar-refractivity contribution in [3.8, 4) is 5.75 Å². The van der Waals surface area contributed by atoms with E-state index in [1.807, 2.05) is 31.3 Å². The van der Waals surface area contributed by atoms with E-state index < -0.39 is 12.0 Å². The summed E-state index contributed by atoms with van der Waals surface area (Å²) in [6.07, 6.45) is 4.33. The van der Waals surface area contributed by atoms with E-state index in [4.69, 9.17) is 9.47 Å². The molecule has 0 aromatic heterocycles. The highest BCUT2D eigenvalue weighted by molar-refractivity contribution is 5.86. The molecule has 1 fully saturated rings. The maximum Gasteiger partial charge on any atom is 0.328 e. The monoisotopic (exact) mass is 404 g/mol. The number of benzene rings is 1. The molecule has 1 amide bonds. The molecule has 6 heteroatoms. The highest BCUT2D eigenvalue weighted by Gasteiger charge is 2.30. The Morgan fingerprint density at radius 3 is 2.31 bits per heavy atom. The lowest BCUT2D eigenvalue weighted by Gasteiger charge is -2.31. The van der Waals surface area contributed by atoms with Crippen molar-refractivity contribution < 1.29 is 19.1 Å². The molecule has 1 aromatic rings.